The molecule has 1 fully saturated rings. The fourth-order valence-electron chi connectivity index (χ4n) is 2.09. The van der Waals surface area contributed by atoms with Crippen molar-refractivity contribution in [3.8, 4) is 0 Å². The summed E-state index contributed by atoms with van der Waals surface area (Å²) in [7, 11) is 0. The second-order valence-electron chi connectivity index (χ2n) is 5.85. The van der Waals surface area contributed by atoms with Crippen molar-refractivity contribution in [2.75, 3.05) is 0 Å². The molecule has 0 unspecified atom stereocenters. The Labute approximate surface area is 102 Å². The van der Waals surface area contributed by atoms with Gasteiger partial charge in [-0.3, -0.25) is 9.59 Å². The standard InChI is InChI=1S/C13H22O4/c1-13(2,3)17-12(16)10-7-9(8-10)5-4-6-11(14)15/h9-10H,4-8H2,1-3H3,(H,14,15). The topological polar surface area (TPSA) is 63.6 Å². The Kier molecular flexibility index (Phi) is 4.54. The van der Waals surface area contributed by atoms with Crippen LogP contribution in [0.2, 0.25) is 0 Å². The number of carboxylic acid groups (broad SMARTS) is 1. The van der Waals surface area contributed by atoms with Gasteiger partial charge in [-0.1, -0.05) is 0 Å². The van der Waals surface area contributed by atoms with Gasteiger partial charge in [0.25, 0.3) is 0 Å². The van der Waals surface area contributed by atoms with E-state index >= 15 is 0 Å². The number of carbonyl (C=O) groups excluding carboxylic acids is 1. The van der Waals surface area contributed by atoms with Gasteiger partial charge in [-0.05, 0) is 52.4 Å². The van der Waals surface area contributed by atoms with E-state index in [1.165, 1.54) is 0 Å². The Morgan fingerprint density at radius 1 is 1.29 bits per heavy atom. The van der Waals surface area contributed by atoms with Crippen molar-refractivity contribution in [2.45, 2.75) is 58.5 Å². The first-order valence-corrected chi connectivity index (χ1v) is 6.22. The van der Waals surface area contributed by atoms with Crippen molar-refractivity contribution >= 4 is 11.9 Å². The zero-order valence-corrected chi connectivity index (χ0v) is 10.9. The highest BCUT2D eigenvalue weighted by molar-refractivity contribution is 5.73. The van der Waals surface area contributed by atoms with Crippen LogP contribution in [0.15, 0.2) is 0 Å². The third-order valence-corrected chi connectivity index (χ3v) is 2.98. The summed E-state index contributed by atoms with van der Waals surface area (Å²) in [6, 6.07) is 0. The van der Waals surface area contributed by atoms with Gasteiger partial charge in [0, 0.05) is 6.42 Å². The molecule has 4 nitrogen and oxygen atoms in total. The molecule has 1 aliphatic rings. The van der Waals surface area contributed by atoms with Crippen LogP contribution in [0.1, 0.15) is 52.9 Å². The second-order valence-corrected chi connectivity index (χ2v) is 5.85. The van der Waals surface area contributed by atoms with Gasteiger partial charge in [0.2, 0.25) is 0 Å². The molecule has 0 heterocycles. The molecule has 0 saturated heterocycles. The quantitative estimate of drug-likeness (QED) is 0.753. The summed E-state index contributed by atoms with van der Waals surface area (Å²) in [6.07, 6.45) is 3.56. The minimum Gasteiger partial charge on any atom is -0.481 e. The molecule has 1 saturated carbocycles. The molecule has 0 atom stereocenters. The number of hydrogen-bond donors (Lipinski definition) is 1. The van der Waals surface area contributed by atoms with Crippen LogP contribution in [-0.4, -0.2) is 22.6 Å². The maximum Gasteiger partial charge on any atom is 0.309 e. The lowest BCUT2D eigenvalue weighted by atomic mass is 9.72. The lowest BCUT2D eigenvalue weighted by molar-refractivity contribution is -0.165. The highest BCUT2D eigenvalue weighted by Gasteiger charge is 2.36. The van der Waals surface area contributed by atoms with Gasteiger partial charge in [-0.15, -0.1) is 0 Å². The maximum atomic E-state index is 11.7. The minimum atomic E-state index is -0.743. The molecule has 1 rings (SSSR count). The van der Waals surface area contributed by atoms with Crippen molar-refractivity contribution in [1.29, 1.82) is 0 Å². The van der Waals surface area contributed by atoms with Crippen LogP contribution in [0.3, 0.4) is 0 Å². The molecule has 0 bridgehead atoms. The lowest BCUT2D eigenvalue weighted by Crippen LogP contribution is -2.36. The number of ether oxygens (including phenoxy) is 1. The first-order chi connectivity index (χ1) is 7.78. The van der Waals surface area contributed by atoms with Gasteiger partial charge in [0.05, 0.1) is 5.92 Å². The van der Waals surface area contributed by atoms with Crippen molar-refractivity contribution in [3.63, 3.8) is 0 Å². The molecule has 0 aromatic rings. The molecule has 1 aliphatic carbocycles. The first kappa shape index (κ1) is 14.0. The summed E-state index contributed by atoms with van der Waals surface area (Å²) in [5.74, 6) is -0.309. The van der Waals surface area contributed by atoms with Crippen LogP contribution >= 0.6 is 0 Å². The smallest absolute Gasteiger partial charge is 0.309 e. The molecule has 4 heteroatoms. The van der Waals surface area contributed by atoms with E-state index in [2.05, 4.69) is 0 Å². The van der Waals surface area contributed by atoms with Crippen molar-refractivity contribution in [2.24, 2.45) is 11.8 Å². The van der Waals surface area contributed by atoms with Crippen LogP contribution in [-0.2, 0) is 14.3 Å². The van der Waals surface area contributed by atoms with E-state index in [0.29, 0.717) is 12.3 Å². The lowest BCUT2D eigenvalue weighted by Gasteiger charge is -2.35. The van der Waals surface area contributed by atoms with Crippen molar-refractivity contribution in [1.82, 2.24) is 0 Å². The van der Waals surface area contributed by atoms with E-state index in [9.17, 15) is 9.59 Å². The number of rotatable bonds is 5. The molecular formula is C13H22O4. The summed E-state index contributed by atoms with van der Waals surface area (Å²) in [4.78, 5) is 22.0. The van der Waals surface area contributed by atoms with Gasteiger partial charge >= 0.3 is 11.9 Å². The maximum absolute atomic E-state index is 11.7. The third kappa shape index (κ3) is 5.20. The summed E-state index contributed by atoms with van der Waals surface area (Å²) in [5, 5.41) is 8.51. The molecule has 1 N–H and O–H groups in total. The van der Waals surface area contributed by atoms with Gasteiger partial charge in [0.15, 0.2) is 0 Å². The number of esters is 1. The monoisotopic (exact) mass is 242 g/mol. The summed E-state index contributed by atoms with van der Waals surface area (Å²) in [5.41, 5.74) is -0.411. The summed E-state index contributed by atoms with van der Waals surface area (Å²) in [6.45, 7) is 5.61. The SMILES string of the molecule is CC(C)(C)OC(=O)C1CC(CCCC(=O)O)C1. The van der Waals surface area contributed by atoms with Gasteiger partial charge in [0.1, 0.15) is 5.60 Å². The zero-order valence-electron chi connectivity index (χ0n) is 10.9. The Hall–Kier alpha value is -1.06. The first-order valence-electron chi connectivity index (χ1n) is 6.22. The Morgan fingerprint density at radius 2 is 1.88 bits per heavy atom. The summed E-state index contributed by atoms with van der Waals surface area (Å²) >= 11 is 0. The van der Waals surface area contributed by atoms with Gasteiger partial charge < -0.3 is 9.84 Å². The van der Waals surface area contributed by atoms with Crippen molar-refractivity contribution < 1.29 is 19.4 Å². The zero-order chi connectivity index (χ0) is 13.1. The molecule has 17 heavy (non-hydrogen) atoms. The Morgan fingerprint density at radius 3 is 2.35 bits per heavy atom. The highest BCUT2D eigenvalue weighted by atomic mass is 16.6. The molecule has 0 radical (unpaired) electrons. The largest absolute Gasteiger partial charge is 0.481 e. The minimum absolute atomic E-state index is 0.0315. The average molecular weight is 242 g/mol. The summed E-state index contributed by atoms with van der Waals surface area (Å²) < 4.78 is 5.30. The number of aliphatic carboxylic acids is 1. The number of hydrogen-bond acceptors (Lipinski definition) is 3. The Balaban J connectivity index is 2.14. The van der Waals surface area contributed by atoms with Crippen LogP contribution < -0.4 is 0 Å². The van der Waals surface area contributed by atoms with E-state index in [0.717, 1.165) is 19.3 Å². The van der Waals surface area contributed by atoms with Crippen molar-refractivity contribution in [3.05, 3.63) is 0 Å². The van der Waals surface area contributed by atoms with Crippen LogP contribution in [0.25, 0.3) is 0 Å². The molecule has 0 aromatic heterocycles. The molecule has 98 valence electrons. The molecule has 0 spiro atoms. The predicted octanol–water partition coefficient (Wildman–Crippen LogP) is 2.61. The molecule has 0 aliphatic heterocycles. The molecular weight excluding hydrogens is 220 g/mol. The number of carboxylic acids is 1. The van der Waals surface area contributed by atoms with E-state index < -0.39 is 11.6 Å². The van der Waals surface area contributed by atoms with Gasteiger partial charge in [-0.2, -0.15) is 0 Å². The predicted molar refractivity (Wildman–Crippen MR) is 63.5 cm³/mol. The third-order valence-electron chi connectivity index (χ3n) is 2.98. The van der Waals surface area contributed by atoms with Crippen LogP contribution in [0.4, 0.5) is 0 Å². The highest BCUT2D eigenvalue weighted by Crippen LogP contribution is 2.38. The molecule has 0 aromatic carbocycles. The molecule has 0 amide bonds. The normalized spacial score (nSPS) is 23.9. The van der Waals surface area contributed by atoms with E-state index in [-0.39, 0.29) is 18.3 Å². The van der Waals surface area contributed by atoms with E-state index in [1.54, 1.807) is 0 Å². The van der Waals surface area contributed by atoms with E-state index in [1.807, 2.05) is 20.8 Å². The average Bonchev–Trinajstić information content (AvgIpc) is 2.04. The van der Waals surface area contributed by atoms with Crippen LogP contribution in [0.5, 0.6) is 0 Å². The van der Waals surface area contributed by atoms with E-state index in [4.69, 9.17) is 9.84 Å². The fourth-order valence-corrected chi connectivity index (χ4v) is 2.09. The van der Waals surface area contributed by atoms with Gasteiger partial charge in [-0.25, -0.2) is 0 Å². The van der Waals surface area contributed by atoms with Crippen LogP contribution in [0, 0.1) is 11.8 Å². The second kappa shape index (κ2) is 5.52. The number of carbonyl (C=O) groups is 2. The fraction of sp³-hybridized carbons (Fsp3) is 0.846. The Bertz CT molecular complexity index is 284.